The van der Waals surface area contributed by atoms with Crippen molar-refractivity contribution in [2.24, 2.45) is 0 Å². The largest absolute Gasteiger partial charge is 0.507 e. The number of carboxylic acids is 1. The Bertz CT molecular complexity index is 794. The van der Waals surface area contributed by atoms with Crippen molar-refractivity contribution in [3.05, 3.63) is 42.0 Å². The van der Waals surface area contributed by atoms with Crippen molar-refractivity contribution in [2.75, 3.05) is 23.7 Å². The Hall–Kier alpha value is -3.09. The van der Waals surface area contributed by atoms with Crippen LogP contribution in [0, 0.1) is 0 Å². The van der Waals surface area contributed by atoms with E-state index in [0.717, 1.165) is 11.3 Å². The number of phenols is 1. The molecule has 4 N–H and O–H groups in total. The number of benzene rings is 1. The molecule has 2 heterocycles. The zero-order chi connectivity index (χ0) is 17.1. The van der Waals surface area contributed by atoms with Gasteiger partial charge in [0.05, 0.1) is 11.4 Å². The zero-order valence-electron chi connectivity index (χ0n) is 13.0. The third-order valence-electron chi connectivity index (χ3n) is 4.06. The Morgan fingerprint density at radius 1 is 1.21 bits per heavy atom. The first-order valence-corrected chi connectivity index (χ1v) is 7.63. The molecule has 0 radical (unpaired) electrons. The molecule has 0 aliphatic carbocycles. The second-order valence-electron chi connectivity index (χ2n) is 5.65. The third kappa shape index (κ3) is 3.29. The molecule has 0 unspecified atom stereocenters. The van der Waals surface area contributed by atoms with E-state index in [1.165, 1.54) is 6.08 Å². The Labute approximate surface area is 139 Å². The monoisotopic (exact) mass is 326 g/mol. The van der Waals surface area contributed by atoms with Gasteiger partial charge in [0.1, 0.15) is 5.75 Å². The standard InChI is InChI=1S/C17H18N4O3/c18-17-14(21-7-5-11(6-8-21)9-16(23)24)10-13(19-20-17)12-3-1-2-4-15(12)22/h1-4,9-10,22H,5-8H2,(H2,18,20)(H,23,24). The van der Waals surface area contributed by atoms with Gasteiger partial charge in [0.25, 0.3) is 0 Å². The van der Waals surface area contributed by atoms with E-state index >= 15 is 0 Å². The lowest BCUT2D eigenvalue weighted by Crippen LogP contribution is -2.31. The van der Waals surface area contributed by atoms with Gasteiger partial charge in [-0.1, -0.05) is 17.7 Å². The highest BCUT2D eigenvalue weighted by Crippen LogP contribution is 2.32. The third-order valence-corrected chi connectivity index (χ3v) is 4.06. The summed E-state index contributed by atoms with van der Waals surface area (Å²) in [5, 5.41) is 26.9. The first-order valence-electron chi connectivity index (χ1n) is 7.63. The number of carboxylic acid groups (broad SMARTS) is 1. The van der Waals surface area contributed by atoms with Gasteiger partial charge in [-0.25, -0.2) is 4.79 Å². The molecule has 7 nitrogen and oxygen atoms in total. The molecule has 0 saturated carbocycles. The number of nitrogens with two attached hydrogens (primary N) is 1. The van der Waals surface area contributed by atoms with E-state index in [-0.39, 0.29) is 5.75 Å². The van der Waals surface area contributed by atoms with E-state index in [2.05, 4.69) is 15.1 Å². The average Bonchev–Trinajstić information content (AvgIpc) is 2.56. The van der Waals surface area contributed by atoms with Gasteiger partial charge in [-0.3, -0.25) is 0 Å². The predicted octanol–water partition coefficient (Wildman–Crippen LogP) is 2.04. The molecular weight excluding hydrogens is 308 g/mol. The normalized spacial score (nSPS) is 14.5. The molecule has 1 aliphatic heterocycles. The van der Waals surface area contributed by atoms with Gasteiger partial charge in [-0.2, -0.15) is 0 Å². The molecule has 0 atom stereocenters. The molecule has 2 aromatic rings. The maximum Gasteiger partial charge on any atom is 0.328 e. The van der Waals surface area contributed by atoms with E-state index in [9.17, 15) is 9.90 Å². The van der Waals surface area contributed by atoms with Gasteiger partial charge in [0, 0.05) is 24.7 Å². The lowest BCUT2D eigenvalue weighted by Gasteiger charge is -2.30. The average molecular weight is 326 g/mol. The summed E-state index contributed by atoms with van der Waals surface area (Å²) in [7, 11) is 0. The van der Waals surface area contributed by atoms with E-state index in [1.54, 1.807) is 18.2 Å². The number of aromatic hydroxyl groups is 1. The Morgan fingerprint density at radius 3 is 2.58 bits per heavy atom. The van der Waals surface area contributed by atoms with Crippen molar-refractivity contribution < 1.29 is 15.0 Å². The van der Waals surface area contributed by atoms with Crippen molar-refractivity contribution in [3.8, 4) is 17.0 Å². The maximum absolute atomic E-state index is 10.8. The molecule has 1 fully saturated rings. The molecular formula is C17H18N4O3. The van der Waals surface area contributed by atoms with Crippen LogP contribution in [-0.4, -0.2) is 39.5 Å². The number of nitrogens with zero attached hydrogens (tertiary/aromatic N) is 3. The fourth-order valence-corrected chi connectivity index (χ4v) is 2.82. The van der Waals surface area contributed by atoms with Crippen LogP contribution >= 0.6 is 0 Å². The minimum Gasteiger partial charge on any atom is -0.507 e. The summed E-state index contributed by atoms with van der Waals surface area (Å²) in [5.74, 6) is -0.460. The van der Waals surface area contributed by atoms with Crippen LogP contribution in [0.25, 0.3) is 11.3 Å². The smallest absolute Gasteiger partial charge is 0.328 e. The number of rotatable bonds is 3. The molecule has 0 amide bonds. The molecule has 1 aliphatic rings. The SMILES string of the molecule is Nc1nnc(-c2ccccc2O)cc1N1CCC(=CC(=O)O)CC1. The molecule has 1 saturated heterocycles. The van der Waals surface area contributed by atoms with Gasteiger partial charge in [0.2, 0.25) is 0 Å². The van der Waals surface area contributed by atoms with Crippen molar-refractivity contribution in [1.29, 1.82) is 0 Å². The summed E-state index contributed by atoms with van der Waals surface area (Å²) in [5.41, 5.74) is 8.77. The molecule has 0 spiro atoms. The first-order chi connectivity index (χ1) is 11.5. The van der Waals surface area contributed by atoms with Crippen LogP contribution in [-0.2, 0) is 4.79 Å². The molecule has 1 aromatic heterocycles. The number of hydrogen-bond donors (Lipinski definition) is 3. The first kappa shape index (κ1) is 15.8. The highest BCUT2D eigenvalue weighted by atomic mass is 16.4. The van der Waals surface area contributed by atoms with Crippen LogP contribution < -0.4 is 10.6 Å². The number of aromatic nitrogens is 2. The molecule has 1 aromatic carbocycles. The molecule has 0 bridgehead atoms. The quantitative estimate of drug-likeness (QED) is 0.740. The number of piperidine rings is 1. The highest BCUT2D eigenvalue weighted by molar-refractivity contribution is 5.81. The maximum atomic E-state index is 10.8. The van der Waals surface area contributed by atoms with E-state index < -0.39 is 5.97 Å². The van der Waals surface area contributed by atoms with Crippen LogP contribution in [0.15, 0.2) is 42.0 Å². The minimum absolute atomic E-state index is 0.132. The second-order valence-corrected chi connectivity index (χ2v) is 5.65. The molecule has 124 valence electrons. The number of carbonyl (C=O) groups is 1. The molecule has 24 heavy (non-hydrogen) atoms. The topological polar surface area (TPSA) is 113 Å². The fourth-order valence-electron chi connectivity index (χ4n) is 2.82. The minimum atomic E-state index is -0.912. The van der Waals surface area contributed by atoms with Crippen molar-refractivity contribution in [2.45, 2.75) is 12.8 Å². The summed E-state index contributed by atoms with van der Waals surface area (Å²) < 4.78 is 0. The Kier molecular flexibility index (Phi) is 4.33. The van der Waals surface area contributed by atoms with Crippen LogP contribution in [0.2, 0.25) is 0 Å². The Balaban J connectivity index is 1.86. The van der Waals surface area contributed by atoms with Crippen molar-refractivity contribution in [1.82, 2.24) is 10.2 Å². The number of aliphatic carboxylic acids is 1. The summed E-state index contributed by atoms with van der Waals surface area (Å²) in [6.45, 7) is 1.32. The molecule has 7 heteroatoms. The van der Waals surface area contributed by atoms with E-state index in [1.807, 2.05) is 12.1 Å². The number of anilines is 2. The highest BCUT2D eigenvalue weighted by Gasteiger charge is 2.19. The Morgan fingerprint density at radius 2 is 1.92 bits per heavy atom. The predicted molar refractivity (Wildman–Crippen MR) is 90.7 cm³/mol. The summed E-state index contributed by atoms with van der Waals surface area (Å²) in [4.78, 5) is 12.8. The van der Waals surface area contributed by atoms with Gasteiger partial charge >= 0.3 is 5.97 Å². The van der Waals surface area contributed by atoms with Crippen LogP contribution in [0.5, 0.6) is 5.75 Å². The van der Waals surface area contributed by atoms with Crippen molar-refractivity contribution in [3.63, 3.8) is 0 Å². The zero-order valence-corrected chi connectivity index (χ0v) is 13.0. The lowest BCUT2D eigenvalue weighted by molar-refractivity contribution is -0.131. The number of phenolic OH excluding ortho intramolecular Hbond substituents is 1. The number of nitrogen functional groups attached to an aromatic ring is 1. The van der Waals surface area contributed by atoms with E-state index in [0.29, 0.717) is 43.0 Å². The second kappa shape index (κ2) is 6.57. The van der Waals surface area contributed by atoms with Gasteiger partial charge in [-0.15, -0.1) is 10.2 Å². The van der Waals surface area contributed by atoms with Gasteiger partial charge < -0.3 is 20.8 Å². The summed E-state index contributed by atoms with van der Waals surface area (Å²) in [6.07, 6.45) is 2.61. The lowest BCUT2D eigenvalue weighted by atomic mass is 10.0. The fraction of sp³-hybridized carbons (Fsp3) is 0.235. The van der Waals surface area contributed by atoms with Crippen LogP contribution in [0.3, 0.4) is 0 Å². The van der Waals surface area contributed by atoms with Gasteiger partial charge in [0.15, 0.2) is 5.82 Å². The molecule has 3 rings (SSSR count). The number of para-hydroxylation sites is 1. The summed E-state index contributed by atoms with van der Waals surface area (Å²) >= 11 is 0. The number of hydrogen-bond acceptors (Lipinski definition) is 6. The van der Waals surface area contributed by atoms with Gasteiger partial charge in [-0.05, 0) is 31.0 Å². The van der Waals surface area contributed by atoms with Crippen LogP contribution in [0.1, 0.15) is 12.8 Å². The van der Waals surface area contributed by atoms with Crippen LogP contribution in [0.4, 0.5) is 11.5 Å². The van der Waals surface area contributed by atoms with Crippen molar-refractivity contribution >= 4 is 17.5 Å². The summed E-state index contributed by atoms with van der Waals surface area (Å²) in [6, 6.07) is 8.73. The van der Waals surface area contributed by atoms with E-state index in [4.69, 9.17) is 10.8 Å².